The number of nitrogens with zero attached hydrogens (tertiary/aromatic N) is 2. The van der Waals surface area contributed by atoms with Crippen molar-refractivity contribution in [1.82, 2.24) is 9.97 Å². The molecule has 1 aromatic rings. The Balaban J connectivity index is 2.22. The Labute approximate surface area is 127 Å². The molecule has 0 saturated heterocycles. The van der Waals surface area contributed by atoms with Crippen LogP contribution < -0.4 is 14.8 Å². The topological polar surface area (TPSA) is 56.3 Å². The number of hydrogen-bond acceptors (Lipinski definition) is 5. The molecule has 0 bridgehead atoms. The lowest BCUT2D eigenvalue weighted by Gasteiger charge is -2.37. The van der Waals surface area contributed by atoms with Crippen LogP contribution in [0.15, 0.2) is 6.33 Å². The van der Waals surface area contributed by atoms with E-state index in [0.717, 1.165) is 6.42 Å². The van der Waals surface area contributed by atoms with Crippen molar-refractivity contribution >= 4 is 5.82 Å². The summed E-state index contributed by atoms with van der Waals surface area (Å²) in [5, 5.41) is 3.01. The Morgan fingerprint density at radius 2 is 2.05 bits per heavy atom. The Morgan fingerprint density at radius 3 is 2.67 bits per heavy atom. The molecular weight excluding hydrogens is 266 g/mol. The molecule has 1 aliphatic rings. The number of methoxy groups -OCH3 is 1. The van der Waals surface area contributed by atoms with E-state index in [-0.39, 0.29) is 6.10 Å². The van der Waals surface area contributed by atoms with Crippen LogP contribution in [-0.4, -0.2) is 30.2 Å². The quantitative estimate of drug-likeness (QED) is 0.902. The van der Waals surface area contributed by atoms with Gasteiger partial charge >= 0.3 is 0 Å². The fourth-order valence-corrected chi connectivity index (χ4v) is 3.20. The summed E-state index contributed by atoms with van der Waals surface area (Å²) in [5.41, 5.74) is 0. The SMILES string of the molecule is CNc1ncnc(OC2CC(C)CCC2C(C)C)c1OC. The minimum atomic E-state index is 0.197. The maximum absolute atomic E-state index is 6.25. The molecule has 1 aromatic heterocycles. The Bertz CT molecular complexity index is 465. The van der Waals surface area contributed by atoms with Crippen LogP contribution in [0, 0.1) is 17.8 Å². The molecule has 1 fully saturated rings. The van der Waals surface area contributed by atoms with Crippen molar-refractivity contribution in [3.8, 4) is 11.6 Å². The smallest absolute Gasteiger partial charge is 0.262 e. The van der Waals surface area contributed by atoms with Gasteiger partial charge in [0.25, 0.3) is 5.88 Å². The molecule has 21 heavy (non-hydrogen) atoms. The summed E-state index contributed by atoms with van der Waals surface area (Å²) in [7, 11) is 3.43. The van der Waals surface area contributed by atoms with E-state index in [2.05, 4.69) is 36.1 Å². The lowest BCUT2D eigenvalue weighted by molar-refractivity contribution is 0.0404. The summed E-state index contributed by atoms with van der Waals surface area (Å²) in [6, 6.07) is 0. The summed E-state index contributed by atoms with van der Waals surface area (Å²) in [6.45, 7) is 6.84. The van der Waals surface area contributed by atoms with Crippen LogP contribution in [0.1, 0.15) is 40.0 Å². The average molecular weight is 293 g/mol. The predicted octanol–water partition coefficient (Wildman–Crippen LogP) is 3.37. The van der Waals surface area contributed by atoms with Crippen molar-refractivity contribution in [3.63, 3.8) is 0 Å². The maximum Gasteiger partial charge on any atom is 0.262 e. The number of nitrogens with one attached hydrogen (secondary N) is 1. The molecule has 1 saturated carbocycles. The second-order valence-electron chi connectivity index (χ2n) is 6.29. The van der Waals surface area contributed by atoms with Gasteiger partial charge in [-0.1, -0.05) is 27.2 Å². The van der Waals surface area contributed by atoms with Crippen molar-refractivity contribution in [2.45, 2.75) is 46.1 Å². The van der Waals surface area contributed by atoms with Gasteiger partial charge in [-0.2, -0.15) is 4.98 Å². The molecule has 118 valence electrons. The van der Waals surface area contributed by atoms with E-state index in [4.69, 9.17) is 9.47 Å². The van der Waals surface area contributed by atoms with Crippen molar-refractivity contribution < 1.29 is 9.47 Å². The molecule has 0 amide bonds. The van der Waals surface area contributed by atoms with E-state index in [1.165, 1.54) is 19.2 Å². The van der Waals surface area contributed by atoms with Crippen LogP contribution in [0.2, 0.25) is 0 Å². The van der Waals surface area contributed by atoms with Crippen LogP contribution in [0.3, 0.4) is 0 Å². The van der Waals surface area contributed by atoms with Crippen LogP contribution in [0.5, 0.6) is 11.6 Å². The first kappa shape index (κ1) is 15.9. The molecule has 2 rings (SSSR count). The summed E-state index contributed by atoms with van der Waals surface area (Å²) in [4.78, 5) is 8.44. The molecule has 1 N–H and O–H groups in total. The molecule has 3 atom stereocenters. The normalized spacial score (nSPS) is 25.7. The molecule has 0 aromatic carbocycles. The Hall–Kier alpha value is -1.52. The van der Waals surface area contributed by atoms with Gasteiger partial charge in [-0.15, -0.1) is 0 Å². The van der Waals surface area contributed by atoms with E-state index in [1.807, 2.05) is 7.05 Å². The van der Waals surface area contributed by atoms with E-state index in [9.17, 15) is 0 Å². The minimum absolute atomic E-state index is 0.197. The first-order valence-electron chi connectivity index (χ1n) is 7.80. The number of anilines is 1. The third-order valence-corrected chi connectivity index (χ3v) is 4.44. The van der Waals surface area contributed by atoms with Gasteiger partial charge in [-0.25, -0.2) is 4.98 Å². The first-order chi connectivity index (χ1) is 10.1. The van der Waals surface area contributed by atoms with Crippen molar-refractivity contribution in [2.24, 2.45) is 17.8 Å². The monoisotopic (exact) mass is 293 g/mol. The molecule has 0 aliphatic heterocycles. The van der Waals surface area contributed by atoms with Crippen LogP contribution in [0.25, 0.3) is 0 Å². The van der Waals surface area contributed by atoms with Gasteiger partial charge in [0.15, 0.2) is 5.82 Å². The van der Waals surface area contributed by atoms with Gasteiger partial charge in [0.05, 0.1) is 7.11 Å². The van der Waals surface area contributed by atoms with Gasteiger partial charge in [-0.3, -0.25) is 0 Å². The molecule has 0 spiro atoms. The highest BCUT2D eigenvalue weighted by molar-refractivity contribution is 5.54. The van der Waals surface area contributed by atoms with Gasteiger partial charge in [0, 0.05) is 7.05 Å². The van der Waals surface area contributed by atoms with Crippen LogP contribution in [-0.2, 0) is 0 Å². The largest absolute Gasteiger partial charge is 0.489 e. The van der Waals surface area contributed by atoms with Crippen molar-refractivity contribution in [1.29, 1.82) is 0 Å². The minimum Gasteiger partial charge on any atom is -0.489 e. The number of aromatic nitrogens is 2. The highest BCUT2D eigenvalue weighted by atomic mass is 16.5. The van der Waals surface area contributed by atoms with Gasteiger partial charge < -0.3 is 14.8 Å². The molecule has 1 heterocycles. The third kappa shape index (κ3) is 3.57. The Kier molecular flexibility index (Phi) is 5.26. The molecule has 1 aliphatic carbocycles. The maximum atomic E-state index is 6.25. The molecular formula is C16H27N3O2. The lowest BCUT2D eigenvalue weighted by Crippen LogP contribution is -2.36. The standard InChI is InChI=1S/C16H27N3O2/c1-10(2)12-7-6-11(3)8-13(12)21-16-14(20-5)15(17-4)18-9-19-16/h9-13H,6-8H2,1-5H3,(H,17,18,19). The van der Waals surface area contributed by atoms with E-state index < -0.39 is 0 Å². The summed E-state index contributed by atoms with van der Waals surface area (Å²) in [5.74, 6) is 3.66. The Morgan fingerprint density at radius 1 is 1.29 bits per heavy atom. The zero-order valence-corrected chi connectivity index (χ0v) is 13.7. The van der Waals surface area contributed by atoms with Crippen LogP contribution in [0.4, 0.5) is 5.82 Å². The summed E-state index contributed by atoms with van der Waals surface area (Å²) < 4.78 is 11.7. The van der Waals surface area contributed by atoms with Gasteiger partial charge in [-0.05, 0) is 30.6 Å². The zero-order chi connectivity index (χ0) is 15.4. The summed E-state index contributed by atoms with van der Waals surface area (Å²) in [6.07, 6.45) is 5.29. The van der Waals surface area contributed by atoms with Crippen LogP contribution >= 0.6 is 0 Å². The number of ether oxygens (including phenoxy) is 2. The molecule has 5 nitrogen and oxygen atoms in total. The zero-order valence-electron chi connectivity index (χ0n) is 13.7. The number of rotatable bonds is 5. The molecule has 5 heteroatoms. The average Bonchev–Trinajstić information content (AvgIpc) is 2.46. The van der Waals surface area contributed by atoms with E-state index in [0.29, 0.717) is 35.2 Å². The molecule has 0 radical (unpaired) electrons. The fraction of sp³-hybridized carbons (Fsp3) is 0.750. The van der Waals surface area contributed by atoms with E-state index >= 15 is 0 Å². The fourth-order valence-electron chi connectivity index (χ4n) is 3.20. The number of hydrogen-bond donors (Lipinski definition) is 1. The molecule has 3 unspecified atom stereocenters. The van der Waals surface area contributed by atoms with Gasteiger partial charge in [0.1, 0.15) is 12.4 Å². The van der Waals surface area contributed by atoms with Gasteiger partial charge in [0.2, 0.25) is 5.75 Å². The van der Waals surface area contributed by atoms with Crippen molar-refractivity contribution in [2.75, 3.05) is 19.5 Å². The lowest BCUT2D eigenvalue weighted by atomic mass is 9.75. The highest BCUT2D eigenvalue weighted by Gasteiger charge is 2.33. The second-order valence-corrected chi connectivity index (χ2v) is 6.29. The van der Waals surface area contributed by atoms with Crippen molar-refractivity contribution in [3.05, 3.63) is 6.33 Å². The first-order valence-corrected chi connectivity index (χ1v) is 7.80. The predicted molar refractivity (Wildman–Crippen MR) is 83.9 cm³/mol. The second kappa shape index (κ2) is 6.96. The summed E-state index contributed by atoms with van der Waals surface area (Å²) >= 11 is 0. The third-order valence-electron chi connectivity index (χ3n) is 4.44. The van der Waals surface area contributed by atoms with E-state index in [1.54, 1.807) is 7.11 Å². The highest BCUT2D eigenvalue weighted by Crippen LogP contribution is 2.38.